The number of amides is 1. The first kappa shape index (κ1) is 16.0. The molecule has 1 amide bonds. The third-order valence-electron chi connectivity index (χ3n) is 6.03. The smallest absolute Gasteiger partial charge is 0.269 e. The lowest BCUT2D eigenvalue weighted by Crippen LogP contribution is -2.30. The second kappa shape index (κ2) is 5.39. The molecule has 1 aromatic carbocycles. The van der Waals surface area contributed by atoms with Crippen molar-refractivity contribution in [3.63, 3.8) is 0 Å². The minimum Gasteiger partial charge on any atom is -0.339 e. The maximum atomic E-state index is 12.6. The molecule has 0 N–H and O–H groups in total. The van der Waals surface area contributed by atoms with Crippen LogP contribution in [0.3, 0.4) is 0 Å². The van der Waals surface area contributed by atoms with Crippen LogP contribution in [0, 0.1) is 5.41 Å². The normalized spacial score (nSPS) is 23.4. The van der Waals surface area contributed by atoms with Crippen molar-refractivity contribution in [1.29, 1.82) is 0 Å². The van der Waals surface area contributed by atoms with Gasteiger partial charge in [0.15, 0.2) is 5.82 Å². The average molecular weight is 373 g/mol. The summed E-state index contributed by atoms with van der Waals surface area (Å²) >= 11 is 0. The summed E-state index contributed by atoms with van der Waals surface area (Å²) in [5, 5.41) is 3.93. The van der Waals surface area contributed by atoms with Gasteiger partial charge in [-0.15, -0.1) is 0 Å². The summed E-state index contributed by atoms with van der Waals surface area (Å²) in [6.07, 6.45) is 7.14. The molecule has 5 rings (SSSR count). The summed E-state index contributed by atoms with van der Waals surface area (Å²) in [6.45, 7) is -0.198. The van der Waals surface area contributed by atoms with Gasteiger partial charge in [-0.3, -0.25) is 4.79 Å². The Hall–Kier alpha value is -2.22. The van der Waals surface area contributed by atoms with Gasteiger partial charge in [0, 0.05) is 5.92 Å². The molecule has 2 aliphatic carbocycles. The van der Waals surface area contributed by atoms with Gasteiger partial charge in [0.05, 0.1) is 5.56 Å². The minimum absolute atomic E-state index is 0.0377. The van der Waals surface area contributed by atoms with E-state index in [0.29, 0.717) is 11.3 Å². The van der Waals surface area contributed by atoms with Crippen LogP contribution in [0.2, 0.25) is 0 Å². The predicted octanol–water partition coefficient (Wildman–Crippen LogP) is 2.85. The first-order valence-corrected chi connectivity index (χ1v) is 10.4. The van der Waals surface area contributed by atoms with E-state index in [1.807, 2.05) is 0 Å². The van der Waals surface area contributed by atoms with E-state index >= 15 is 0 Å². The number of carbonyl (C=O) groups excluding carboxylic acids is 1. The van der Waals surface area contributed by atoms with E-state index in [1.165, 1.54) is 37.8 Å². The molecule has 2 fully saturated rings. The van der Waals surface area contributed by atoms with Crippen molar-refractivity contribution in [2.45, 2.75) is 55.9 Å². The van der Waals surface area contributed by atoms with Crippen LogP contribution in [0.25, 0.3) is 0 Å². The minimum atomic E-state index is -3.85. The van der Waals surface area contributed by atoms with Crippen molar-refractivity contribution < 1.29 is 17.7 Å². The lowest BCUT2D eigenvalue weighted by Gasteiger charge is -2.25. The molecule has 1 spiro atoms. The lowest BCUT2D eigenvalue weighted by molar-refractivity contribution is 0.0862. The Morgan fingerprint density at radius 1 is 1.15 bits per heavy atom. The fraction of sp³-hybridized carbons (Fsp3) is 0.500. The number of aromatic nitrogens is 2. The quantitative estimate of drug-likeness (QED) is 0.821. The van der Waals surface area contributed by atoms with E-state index in [9.17, 15) is 13.2 Å². The highest BCUT2D eigenvalue weighted by molar-refractivity contribution is 7.90. The highest BCUT2D eigenvalue weighted by Crippen LogP contribution is 2.58. The van der Waals surface area contributed by atoms with Crippen LogP contribution in [0.15, 0.2) is 33.7 Å². The molecule has 1 aromatic heterocycles. The van der Waals surface area contributed by atoms with E-state index < -0.39 is 15.9 Å². The summed E-state index contributed by atoms with van der Waals surface area (Å²) in [4.78, 5) is 16.9. The molecular formula is C18H19N3O4S. The fourth-order valence-electron chi connectivity index (χ4n) is 4.17. The first-order chi connectivity index (χ1) is 12.5. The van der Waals surface area contributed by atoms with Crippen LogP contribution in [0.1, 0.15) is 66.5 Å². The van der Waals surface area contributed by atoms with Crippen LogP contribution in [-0.4, -0.2) is 28.8 Å². The molecule has 7 nitrogen and oxygen atoms in total. The molecule has 0 radical (unpaired) electrons. The molecule has 0 bridgehead atoms. The summed E-state index contributed by atoms with van der Waals surface area (Å²) in [5.74, 6) is 0.499. The number of carbonyl (C=O) groups is 1. The molecule has 2 aromatic rings. The number of hydrogen-bond donors (Lipinski definition) is 0. The Bertz CT molecular complexity index is 983. The zero-order chi connectivity index (χ0) is 17.9. The van der Waals surface area contributed by atoms with Crippen molar-refractivity contribution in [2.24, 2.45) is 5.41 Å². The van der Waals surface area contributed by atoms with Crippen LogP contribution in [0.5, 0.6) is 0 Å². The Morgan fingerprint density at radius 2 is 1.88 bits per heavy atom. The number of sulfonamides is 1. The average Bonchev–Trinajstić information content (AvgIpc) is 3.17. The number of rotatable bonds is 3. The van der Waals surface area contributed by atoms with Crippen molar-refractivity contribution in [2.75, 3.05) is 0 Å². The van der Waals surface area contributed by atoms with Crippen molar-refractivity contribution in [1.82, 2.24) is 14.4 Å². The first-order valence-electron chi connectivity index (χ1n) is 8.97. The number of fused-ring (bicyclic) bond motifs is 1. The highest BCUT2D eigenvalue weighted by Gasteiger charge is 2.46. The van der Waals surface area contributed by atoms with Crippen LogP contribution < -0.4 is 0 Å². The maximum absolute atomic E-state index is 12.6. The van der Waals surface area contributed by atoms with E-state index in [1.54, 1.807) is 12.1 Å². The Balaban J connectivity index is 1.35. The Labute approximate surface area is 151 Å². The van der Waals surface area contributed by atoms with Crippen LogP contribution >= 0.6 is 0 Å². The second-order valence-electron chi connectivity index (χ2n) is 7.64. The van der Waals surface area contributed by atoms with Gasteiger partial charge >= 0.3 is 0 Å². The molecular weight excluding hydrogens is 354 g/mol. The van der Waals surface area contributed by atoms with Gasteiger partial charge in [-0.2, -0.15) is 4.98 Å². The van der Waals surface area contributed by atoms with Gasteiger partial charge < -0.3 is 4.52 Å². The van der Waals surface area contributed by atoms with Gasteiger partial charge in [0.2, 0.25) is 5.89 Å². The van der Waals surface area contributed by atoms with Gasteiger partial charge in [-0.05, 0) is 56.1 Å². The third-order valence-corrected chi connectivity index (χ3v) is 7.82. The fourth-order valence-corrected chi connectivity index (χ4v) is 5.69. The number of hydrogen-bond acceptors (Lipinski definition) is 6. The summed E-state index contributed by atoms with van der Waals surface area (Å²) in [7, 11) is -3.85. The van der Waals surface area contributed by atoms with E-state index in [4.69, 9.17) is 4.52 Å². The molecule has 8 heteroatoms. The molecule has 26 heavy (non-hydrogen) atoms. The lowest BCUT2D eigenvalue weighted by atomic mass is 9.80. The predicted molar refractivity (Wildman–Crippen MR) is 90.7 cm³/mol. The standard InChI is InChI=1S/C18H19N3O4S/c22-17-13-3-1-2-4-14(13)26(23,24)21(17)11-15-19-16(25-20-15)12-5-7-18(8-6-12)9-10-18/h1-4,12H,5-11H2. The molecule has 1 aliphatic heterocycles. The Morgan fingerprint density at radius 3 is 2.58 bits per heavy atom. The summed E-state index contributed by atoms with van der Waals surface area (Å²) in [6, 6.07) is 6.22. The largest absolute Gasteiger partial charge is 0.339 e. The maximum Gasteiger partial charge on any atom is 0.269 e. The molecule has 136 valence electrons. The molecule has 3 aliphatic rings. The van der Waals surface area contributed by atoms with Crippen LogP contribution in [0.4, 0.5) is 0 Å². The van der Waals surface area contributed by atoms with E-state index in [0.717, 1.165) is 17.1 Å². The number of nitrogens with zero attached hydrogens (tertiary/aromatic N) is 3. The third kappa shape index (κ3) is 2.39. The van der Waals surface area contributed by atoms with Crippen molar-refractivity contribution in [3.05, 3.63) is 41.5 Å². The molecule has 0 unspecified atom stereocenters. The Kier molecular flexibility index (Phi) is 3.31. The monoisotopic (exact) mass is 373 g/mol. The molecule has 2 heterocycles. The van der Waals surface area contributed by atoms with Crippen molar-refractivity contribution in [3.8, 4) is 0 Å². The van der Waals surface area contributed by atoms with E-state index in [-0.39, 0.29) is 28.7 Å². The molecule has 2 saturated carbocycles. The molecule has 0 saturated heterocycles. The summed E-state index contributed by atoms with van der Waals surface area (Å²) < 4.78 is 31.4. The van der Waals surface area contributed by atoms with Crippen molar-refractivity contribution >= 4 is 15.9 Å². The van der Waals surface area contributed by atoms with Gasteiger partial charge in [-0.25, -0.2) is 12.7 Å². The van der Waals surface area contributed by atoms with Gasteiger partial charge in [0.1, 0.15) is 11.4 Å². The summed E-state index contributed by atoms with van der Waals surface area (Å²) in [5.41, 5.74) is 0.777. The van der Waals surface area contributed by atoms with Gasteiger partial charge in [-0.1, -0.05) is 17.3 Å². The SMILES string of the molecule is O=C1c2ccccc2S(=O)(=O)N1Cc1noc(C2CCC3(CC2)CC3)n1. The number of benzene rings is 1. The zero-order valence-corrected chi connectivity index (χ0v) is 15.0. The molecule has 0 atom stereocenters. The topological polar surface area (TPSA) is 93.4 Å². The zero-order valence-electron chi connectivity index (χ0n) is 14.2. The van der Waals surface area contributed by atoms with Gasteiger partial charge in [0.25, 0.3) is 15.9 Å². The van der Waals surface area contributed by atoms with E-state index in [2.05, 4.69) is 10.1 Å². The second-order valence-corrected chi connectivity index (χ2v) is 9.47. The highest BCUT2D eigenvalue weighted by atomic mass is 32.2. The van der Waals surface area contributed by atoms with Crippen LogP contribution in [-0.2, 0) is 16.6 Å².